The van der Waals surface area contributed by atoms with Gasteiger partial charge in [-0.15, -0.1) is 0 Å². The molecular formula is C15H18O3. The van der Waals surface area contributed by atoms with Crippen LogP contribution in [0.5, 0.6) is 0 Å². The summed E-state index contributed by atoms with van der Waals surface area (Å²) in [7, 11) is 0. The summed E-state index contributed by atoms with van der Waals surface area (Å²) in [6.45, 7) is 7.85. The zero-order valence-corrected chi connectivity index (χ0v) is 10.9. The molecule has 3 nitrogen and oxygen atoms in total. The third-order valence-electron chi connectivity index (χ3n) is 4.53. The van der Waals surface area contributed by atoms with Crippen molar-refractivity contribution in [2.45, 2.75) is 38.9 Å². The molecule has 1 saturated heterocycles. The lowest BCUT2D eigenvalue weighted by Gasteiger charge is -2.53. The fourth-order valence-electron chi connectivity index (χ4n) is 3.24. The molecule has 2 heterocycles. The van der Waals surface area contributed by atoms with Gasteiger partial charge in [0.1, 0.15) is 0 Å². The summed E-state index contributed by atoms with van der Waals surface area (Å²) in [5, 5.41) is 0. The summed E-state index contributed by atoms with van der Waals surface area (Å²) >= 11 is 0. The Bertz CT molecular complexity index is 488. The van der Waals surface area contributed by atoms with E-state index in [1.165, 1.54) is 0 Å². The van der Waals surface area contributed by atoms with Crippen molar-refractivity contribution in [3.8, 4) is 0 Å². The van der Waals surface area contributed by atoms with Crippen molar-refractivity contribution in [1.29, 1.82) is 0 Å². The first-order chi connectivity index (χ1) is 8.46. The van der Waals surface area contributed by atoms with Crippen LogP contribution in [-0.4, -0.2) is 11.8 Å². The lowest BCUT2D eigenvalue weighted by Crippen LogP contribution is -2.58. The average molecular weight is 246 g/mol. The van der Waals surface area contributed by atoms with Gasteiger partial charge < -0.3 is 9.47 Å². The molecule has 0 radical (unpaired) electrons. The fourth-order valence-corrected chi connectivity index (χ4v) is 3.24. The zero-order chi connectivity index (χ0) is 13.0. The largest absolute Gasteiger partial charge is 0.456 e. The number of carbonyl (C=O) groups is 1. The van der Waals surface area contributed by atoms with Crippen molar-refractivity contribution < 1.29 is 14.3 Å². The molecule has 0 aromatic carbocycles. The molecule has 0 amide bonds. The highest BCUT2D eigenvalue weighted by molar-refractivity contribution is 5.89. The monoisotopic (exact) mass is 246 g/mol. The van der Waals surface area contributed by atoms with Crippen LogP contribution in [0, 0.1) is 11.3 Å². The maximum atomic E-state index is 12.0. The van der Waals surface area contributed by atoms with Crippen molar-refractivity contribution in [2.75, 3.05) is 0 Å². The van der Waals surface area contributed by atoms with Crippen LogP contribution in [0.2, 0.25) is 0 Å². The van der Waals surface area contributed by atoms with Crippen LogP contribution in [0.3, 0.4) is 0 Å². The van der Waals surface area contributed by atoms with E-state index in [0.717, 1.165) is 18.6 Å². The second-order valence-electron chi connectivity index (χ2n) is 5.76. The first-order valence-electron chi connectivity index (χ1n) is 6.43. The molecule has 3 aliphatic rings. The quantitative estimate of drug-likeness (QED) is 0.486. The van der Waals surface area contributed by atoms with Crippen LogP contribution in [0.1, 0.15) is 33.1 Å². The molecule has 3 rings (SSSR count). The number of rotatable bonds is 0. The van der Waals surface area contributed by atoms with Crippen molar-refractivity contribution in [3.63, 3.8) is 0 Å². The molecule has 1 saturated carbocycles. The Balaban J connectivity index is 2.08. The number of ether oxygens (including phenoxy) is 2. The minimum Gasteiger partial charge on any atom is -0.456 e. The van der Waals surface area contributed by atoms with Gasteiger partial charge in [-0.3, -0.25) is 0 Å². The van der Waals surface area contributed by atoms with Crippen LogP contribution in [0.25, 0.3) is 0 Å². The molecule has 2 fully saturated rings. The highest BCUT2D eigenvalue weighted by Gasteiger charge is 2.60. The number of esters is 1. The van der Waals surface area contributed by atoms with Gasteiger partial charge in [-0.05, 0) is 38.7 Å². The summed E-state index contributed by atoms with van der Waals surface area (Å²) in [5.74, 6) is -0.170. The molecule has 2 bridgehead atoms. The van der Waals surface area contributed by atoms with E-state index < -0.39 is 5.79 Å². The van der Waals surface area contributed by atoms with Gasteiger partial charge in [0.25, 0.3) is 5.79 Å². The lowest BCUT2D eigenvalue weighted by molar-refractivity contribution is -0.280. The van der Waals surface area contributed by atoms with Gasteiger partial charge in [-0.2, -0.15) is 0 Å². The fraction of sp³-hybridized carbons (Fsp3) is 0.533. The van der Waals surface area contributed by atoms with Gasteiger partial charge in [0.15, 0.2) is 0 Å². The second kappa shape index (κ2) is 3.50. The lowest BCUT2D eigenvalue weighted by atomic mass is 9.64. The number of hydrogen-bond donors (Lipinski definition) is 0. The Morgan fingerprint density at radius 1 is 1.44 bits per heavy atom. The molecule has 2 aliphatic heterocycles. The highest BCUT2D eigenvalue weighted by Crippen LogP contribution is 2.55. The van der Waals surface area contributed by atoms with E-state index in [-0.39, 0.29) is 17.3 Å². The van der Waals surface area contributed by atoms with Crippen molar-refractivity contribution in [2.24, 2.45) is 11.3 Å². The van der Waals surface area contributed by atoms with E-state index in [4.69, 9.17) is 9.47 Å². The summed E-state index contributed by atoms with van der Waals surface area (Å²) in [6, 6.07) is 0. The Hall–Kier alpha value is -1.51. The van der Waals surface area contributed by atoms with Gasteiger partial charge in [0.2, 0.25) is 0 Å². The molecule has 0 N–H and O–H groups in total. The number of hydrogen-bond acceptors (Lipinski definition) is 3. The van der Waals surface area contributed by atoms with E-state index in [2.05, 4.69) is 19.6 Å². The molecule has 0 aromatic heterocycles. The minimum absolute atomic E-state index is 0.193. The van der Waals surface area contributed by atoms with Crippen molar-refractivity contribution in [1.82, 2.24) is 0 Å². The Kier molecular flexibility index (Phi) is 2.25. The third-order valence-corrected chi connectivity index (χ3v) is 4.53. The normalized spacial score (nSPS) is 42.3. The minimum atomic E-state index is -0.845. The molecule has 3 unspecified atom stereocenters. The Labute approximate surface area is 107 Å². The molecule has 1 aliphatic carbocycles. The predicted molar refractivity (Wildman–Crippen MR) is 67.4 cm³/mol. The van der Waals surface area contributed by atoms with E-state index in [1.54, 1.807) is 0 Å². The highest BCUT2D eigenvalue weighted by atomic mass is 16.7. The van der Waals surface area contributed by atoms with Gasteiger partial charge in [-0.25, -0.2) is 4.79 Å². The predicted octanol–water partition coefficient (Wildman–Crippen LogP) is 3.09. The van der Waals surface area contributed by atoms with Crippen LogP contribution >= 0.6 is 0 Å². The van der Waals surface area contributed by atoms with Gasteiger partial charge in [0.05, 0.1) is 11.2 Å². The van der Waals surface area contributed by atoms with Crippen LogP contribution in [0.15, 0.2) is 36.1 Å². The summed E-state index contributed by atoms with van der Waals surface area (Å²) in [6.07, 6.45) is 8.66. The molecule has 0 aromatic rings. The van der Waals surface area contributed by atoms with Crippen molar-refractivity contribution in [3.05, 3.63) is 36.1 Å². The average Bonchev–Trinajstić information content (AvgIpc) is 2.42. The molecule has 3 atom stereocenters. The van der Waals surface area contributed by atoms with Crippen molar-refractivity contribution >= 4 is 5.97 Å². The summed E-state index contributed by atoms with van der Waals surface area (Å²) < 4.78 is 11.7. The van der Waals surface area contributed by atoms with Crippen LogP contribution < -0.4 is 0 Å². The number of carbonyl (C=O) groups excluding carboxylic acids is 1. The molecule has 18 heavy (non-hydrogen) atoms. The zero-order valence-electron chi connectivity index (χ0n) is 10.9. The van der Waals surface area contributed by atoms with E-state index >= 15 is 0 Å². The van der Waals surface area contributed by atoms with Gasteiger partial charge in [-0.1, -0.05) is 18.7 Å². The molecule has 3 heteroatoms. The van der Waals surface area contributed by atoms with E-state index in [1.807, 2.05) is 19.1 Å². The van der Waals surface area contributed by atoms with Crippen LogP contribution in [-0.2, 0) is 14.3 Å². The first-order valence-corrected chi connectivity index (χ1v) is 6.43. The molecular weight excluding hydrogens is 228 g/mol. The van der Waals surface area contributed by atoms with Crippen LogP contribution in [0.4, 0.5) is 0 Å². The maximum absolute atomic E-state index is 12.0. The smallest absolute Gasteiger partial charge is 0.337 e. The maximum Gasteiger partial charge on any atom is 0.337 e. The second-order valence-corrected chi connectivity index (χ2v) is 5.76. The summed E-state index contributed by atoms with van der Waals surface area (Å²) in [4.78, 5) is 12.0. The topological polar surface area (TPSA) is 35.5 Å². The third kappa shape index (κ3) is 1.39. The SMILES string of the molecule is C=C1C(=O)OC23CC1CCC2(C)C=CC=C(C)O3. The number of fused-ring (bicyclic) bond motifs is 1. The summed E-state index contributed by atoms with van der Waals surface area (Å²) in [5.41, 5.74) is 0.342. The first kappa shape index (κ1) is 11.6. The standard InChI is InChI=1S/C15H18O3/c1-10-5-4-7-14(3)8-6-12-9-15(14,17-10)18-13(16)11(12)2/h4-5,7,12H,2,6,8-9H2,1,3H3. The molecule has 96 valence electrons. The van der Waals surface area contributed by atoms with Gasteiger partial charge >= 0.3 is 5.97 Å². The van der Waals surface area contributed by atoms with Gasteiger partial charge in [0, 0.05) is 12.0 Å². The van der Waals surface area contributed by atoms with E-state index in [9.17, 15) is 4.79 Å². The Morgan fingerprint density at radius 2 is 2.22 bits per heavy atom. The van der Waals surface area contributed by atoms with E-state index in [0.29, 0.717) is 12.0 Å². The molecule has 1 spiro atoms. The number of allylic oxidation sites excluding steroid dienone is 3. The Morgan fingerprint density at radius 3 is 3.00 bits per heavy atom.